The van der Waals surface area contributed by atoms with Crippen molar-refractivity contribution in [2.24, 2.45) is 0 Å². The number of hydrogen-bond donors (Lipinski definition) is 3. The minimum absolute atomic E-state index is 0.0518. The number of rotatable bonds is 8. The number of amides is 3. The monoisotopic (exact) mass is 475 g/mol. The number of para-hydroxylation sites is 2. The van der Waals surface area contributed by atoms with Crippen molar-refractivity contribution in [3.8, 4) is 11.5 Å². The van der Waals surface area contributed by atoms with E-state index in [0.717, 1.165) is 5.56 Å². The molecule has 3 aromatic rings. The number of hydrogen-bond acceptors (Lipinski definition) is 6. The highest BCUT2D eigenvalue weighted by Crippen LogP contribution is 2.29. The van der Waals surface area contributed by atoms with E-state index in [1.807, 2.05) is 31.2 Å². The Morgan fingerprint density at radius 3 is 1.97 bits per heavy atom. The van der Waals surface area contributed by atoms with E-state index in [1.54, 1.807) is 24.3 Å². The van der Waals surface area contributed by atoms with E-state index in [-0.39, 0.29) is 17.4 Å². The summed E-state index contributed by atoms with van der Waals surface area (Å²) in [5.74, 6) is -1.04. The lowest BCUT2D eigenvalue weighted by Crippen LogP contribution is -2.21. The predicted octanol–water partition coefficient (Wildman–Crippen LogP) is 4.50. The number of carbonyl (C=O) groups excluding carboxylic acids is 4. The van der Waals surface area contributed by atoms with Crippen LogP contribution < -0.4 is 20.7 Å². The second-order valence-electron chi connectivity index (χ2n) is 7.70. The third kappa shape index (κ3) is 7.71. The van der Waals surface area contributed by atoms with E-state index < -0.39 is 18.5 Å². The molecule has 0 bridgehead atoms. The highest BCUT2D eigenvalue weighted by atomic mass is 16.5. The maximum atomic E-state index is 12.6. The number of carbonyl (C=O) groups is 4. The SMILES string of the molecule is CC(=O)Nc1cc(NC(C)=O)cc(C(=O)OCC(=O)Nc2ccccc2Oc2ccc(C)cc2)c1. The molecule has 0 unspecified atom stereocenters. The van der Waals surface area contributed by atoms with Gasteiger partial charge in [0.05, 0.1) is 11.3 Å². The Morgan fingerprint density at radius 2 is 1.37 bits per heavy atom. The molecule has 9 nitrogen and oxygen atoms in total. The number of benzene rings is 3. The van der Waals surface area contributed by atoms with Crippen molar-refractivity contribution in [3.63, 3.8) is 0 Å². The average Bonchev–Trinajstić information content (AvgIpc) is 2.79. The Morgan fingerprint density at radius 1 is 0.771 bits per heavy atom. The number of nitrogens with one attached hydrogen (secondary N) is 3. The molecule has 180 valence electrons. The lowest BCUT2D eigenvalue weighted by molar-refractivity contribution is -0.119. The highest BCUT2D eigenvalue weighted by Gasteiger charge is 2.15. The number of aryl methyl sites for hydroxylation is 1. The van der Waals surface area contributed by atoms with Crippen molar-refractivity contribution < 1.29 is 28.7 Å². The van der Waals surface area contributed by atoms with Gasteiger partial charge >= 0.3 is 5.97 Å². The second kappa shape index (κ2) is 11.5. The smallest absolute Gasteiger partial charge is 0.338 e. The fourth-order valence-corrected chi connectivity index (χ4v) is 3.09. The molecule has 0 radical (unpaired) electrons. The summed E-state index contributed by atoms with van der Waals surface area (Å²) >= 11 is 0. The number of anilines is 3. The first-order chi connectivity index (χ1) is 16.7. The van der Waals surface area contributed by atoms with E-state index in [2.05, 4.69) is 16.0 Å². The average molecular weight is 476 g/mol. The van der Waals surface area contributed by atoms with Gasteiger partial charge in [-0.1, -0.05) is 29.8 Å². The van der Waals surface area contributed by atoms with Crippen molar-refractivity contribution in [1.82, 2.24) is 0 Å². The summed E-state index contributed by atoms with van der Waals surface area (Å²) in [7, 11) is 0. The van der Waals surface area contributed by atoms with Gasteiger partial charge < -0.3 is 25.4 Å². The van der Waals surface area contributed by atoms with E-state index in [0.29, 0.717) is 28.6 Å². The van der Waals surface area contributed by atoms with Crippen LogP contribution in [0.5, 0.6) is 11.5 Å². The van der Waals surface area contributed by atoms with Crippen LogP contribution in [0, 0.1) is 6.92 Å². The van der Waals surface area contributed by atoms with Crippen LogP contribution in [0.25, 0.3) is 0 Å². The molecule has 3 aromatic carbocycles. The Bertz CT molecular complexity index is 1220. The molecule has 3 rings (SSSR count). The topological polar surface area (TPSA) is 123 Å². The van der Waals surface area contributed by atoms with Gasteiger partial charge in [0.1, 0.15) is 5.75 Å². The van der Waals surface area contributed by atoms with Gasteiger partial charge in [0, 0.05) is 25.2 Å². The van der Waals surface area contributed by atoms with E-state index in [4.69, 9.17) is 9.47 Å². The van der Waals surface area contributed by atoms with Crippen LogP contribution in [0.4, 0.5) is 17.1 Å². The van der Waals surface area contributed by atoms with Gasteiger partial charge in [-0.3, -0.25) is 14.4 Å². The van der Waals surface area contributed by atoms with Crippen LogP contribution in [-0.2, 0) is 19.1 Å². The number of esters is 1. The Hall–Kier alpha value is -4.66. The van der Waals surface area contributed by atoms with Gasteiger partial charge in [0.2, 0.25) is 11.8 Å². The summed E-state index contributed by atoms with van der Waals surface area (Å²) < 4.78 is 11.0. The molecular weight excluding hydrogens is 450 g/mol. The molecule has 0 aromatic heterocycles. The van der Waals surface area contributed by atoms with Crippen molar-refractivity contribution in [3.05, 3.63) is 77.9 Å². The van der Waals surface area contributed by atoms with Gasteiger partial charge in [0.25, 0.3) is 5.91 Å². The molecule has 0 saturated carbocycles. The summed E-state index contributed by atoms with van der Waals surface area (Å²) in [6, 6.07) is 18.6. The summed E-state index contributed by atoms with van der Waals surface area (Å²) in [4.78, 5) is 47.8. The van der Waals surface area contributed by atoms with Crippen LogP contribution in [-0.4, -0.2) is 30.3 Å². The van der Waals surface area contributed by atoms with Crippen LogP contribution in [0.2, 0.25) is 0 Å². The molecule has 0 heterocycles. The fraction of sp³-hybridized carbons (Fsp3) is 0.154. The standard InChI is InChI=1S/C26H25N3O6/c1-16-8-10-22(11-9-16)35-24-7-5-4-6-23(24)29-25(32)15-34-26(33)19-12-20(27-17(2)30)14-21(13-19)28-18(3)31/h4-14H,15H2,1-3H3,(H,27,30)(H,28,31)(H,29,32). The quantitative estimate of drug-likeness (QED) is 0.412. The molecule has 0 aliphatic carbocycles. The van der Waals surface area contributed by atoms with Crippen LogP contribution in [0.3, 0.4) is 0 Å². The lowest BCUT2D eigenvalue weighted by Gasteiger charge is -2.13. The van der Waals surface area contributed by atoms with Gasteiger partial charge in [0.15, 0.2) is 12.4 Å². The molecular formula is C26H25N3O6. The Labute approximate surface area is 202 Å². The molecule has 0 atom stereocenters. The van der Waals surface area contributed by atoms with E-state index in [1.165, 1.54) is 32.0 Å². The molecule has 35 heavy (non-hydrogen) atoms. The zero-order valence-electron chi connectivity index (χ0n) is 19.5. The van der Waals surface area contributed by atoms with Crippen molar-refractivity contribution in [2.75, 3.05) is 22.6 Å². The van der Waals surface area contributed by atoms with E-state index >= 15 is 0 Å². The van der Waals surface area contributed by atoms with Crippen LogP contribution >= 0.6 is 0 Å². The molecule has 3 N–H and O–H groups in total. The largest absolute Gasteiger partial charge is 0.455 e. The zero-order valence-corrected chi connectivity index (χ0v) is 19.5. The number of ether oxygens (including phenoxy) is 2. The highest BCUT2D eigenvalue weighted by molar-refractivity contribution is 5.99. The van der Waals surface area contributed by atoms with Gasteiger partial charge in [-0.2, -0.15) is 0 Å². The summed E-state index contributed by atoms with van der Waals surface area (Å²) in [6.45, 7) is 4.04. The van der Waals surface area contributed by atoms with Crippen LogP contribution in [0.15, 0.2) is 66.7 Å². The molecule has 9 heteroatoms. The first kappa shape index (κ1) is 25.0. The third-order valence-electron chi connectivity index (χ3n) is 4.55. The minimum atomic E-state index is -0.803. The zero-order chi connectivity index (χ0) is 25.4. The summed E-state index contributed by atoms with van der Waals surface area (Å²) in [5.41, 5.74) is 2.14. The molecule has 3 amide bonds. The Balaban J connectivity index is 1.66. The van der Waals surface area contributed by atoms with Crippen LogP contribution in [0.1, 0.15) is 29.8 Å². The van der Waals surface area contributed by atoms with Gasteiger partial charge in [-0.05, 0) is 49.4 Å². The molecule has 0 fully saturated rings. The van der Waals surface area contributed by atoms with Gasteiger partial charge in [-0.15, -0.1) is 0 Å². The summed E-state index contributed by atoms with van der Waals surface area (Å²) in [5, 5.41) is 7.77. The maximum absolute atomic E-state index is 12.6. The first-order valence-electron chi connectivity index (χ1n) is 10.7. The van der Waals surface area contributed by atoms with Crippen molar-refractivity contribution in [2.45, 2.75) is 20.8 Å². The summed E-state index contributed by atoms with van der Waals surface area (Å²) in [6.07, 6.45) is 0. The van der Waals surface area contributed by atoms with Crippen molar-refractivity contribution >= 4 is 40.8 Å². The Kier molecular flexibility index (Phi) is 8.18. The maximum Gasteiger partial charge on any atom is 0.338 e. The fourth-order valence-electron chi connectivity index (χ4n) is 3.09. The molecule has 0 aliphatic heterocycles. The molecule has 0 aliphatic rings. The third-order valence-corrected chi connectivity index (χ3v) is 4.55. The second-order valence-corrected chi connectivity index (χ2v) is 7.70. The predicted molar refractivity (Wildman–Crippen MR) is 132 cm³/mol. The first-order valence-corrected chi connectivity index (χ1v) is 10.7. The van der Waals surface area contributed by atoms with Crippen molar-refractivity contribution in [1.29, 1.82) is 0 Å². The molecule has 0 saturated heterocycles. The molecule has 0 spiro atoms. The van der Waals surface area contributed by atoms with Gasteiger partial charge in [-0.25, -0.2) is 4.79 Å². The minimum Gasteiger partial charge on any atom is -0.455 e. The normalized spacial score (nSPS) is 10.1. The van der Waals surface area contributed by atoms with E-state index in [9.17, 15) is 19.2 Å². The lowest BCUT2D eigenvalue weighted by atomic mass is 10.1.